The number of nitrogens with one attached hydrogen (secondary N) is 1. The third kappa shape index (κ3) is 2.70. The molecular formula is C9H7ClF3NO3S. The third-order valence-corrected chi connectivity index (χ3v) is 3.12. The molecule has 100 valence electrons. The van der Waals surface area contributed by atoms with Gasteiger partial charge in [0.1, 0.15) is 5.58 Å². The minimum Gasteiger partial charge on any atom is -0.464 e. The summed E-state index contributed by atoms with van der Waals surface area (Å²) >= 11 is 0. The molecule has 0 aliphatic carbocycles. The molecule has 0 saturated heterocycles. The summed E-state index contributed by atoms with van der Waals surface area (Å²) in [6, 6.07) is 5.33. The first-order valence-electron chi connectivity index (χ1n) is 4.36. The van der Waals surface area contributed by atoms with Crippen molar-refractivity contribution >= 4 is 39.1 Å². The van der Waals surface area contributed by atoms with Crippen LogP contribution in [0.5, 0.6) is 0 Å². The topological polar surface area (TPSA) is 59.3 Å². The third-order valence-electron chi connectivity index (χ3n) is 2.01. The Morgan fingerprint density at radius 1 is 1.17 bits per heavy atom. The van der Waals surface area contributed by atoms with Crippen molar-refractivity contribution in [1.29, 1.82) is 0 Å². The largest absolute Gasteiger partial charge is 0.516 e. The fraction of sp³-hybridized carbons (Fsp3) is 0.111. The van der Waals surface area contributed by atoms with E-state index in [1.54, 1.807) is 0 Å². The summed E-state index contributed by atoms with van der Waals surface area (Å²) in [5.74, 6) is 0. The Morgan fingerprint density at radius 2 is 1.83 bits per heavy atom. The van der Waals surface area contributed by atoms with Crippen LogP contribution >= 0.6 is 12.4 Å². The number of alkyl halides is 3. The SMILES string of the molecule is Cl.O=S(=O)(Nc1ccc2occc2c1)C(F)(F)F. The highest BCUT2D eigenvalue weighted by atomic mass is 35.5. The van der Waals surface area contributed by atoms with Crippen molar-refractivity contribution in [3.8, 4) is 0 Å². The van der Waals surface area contributed by atoms with Gasteiger partial charge in [0.25, 0.3) is 0 Å². The summed E-state index contributed by atoms with van der Waals surface area (Å²) in [5, 5.41) is 0.507. The summed E-state index contributed by atoms with van der Waals surface area (Å²) in [7, 11) is -5.38. The molecule has 0 aliphatic heterocycles. The molecule has 0 amide bonds. The second kappa shape index (κ2) is 4.69. The van der Waals surface area contributed by atoms with Crippen molar-refractivity contribution in [2.24, 2.45) is 0 Å². The van der Waals surface area contributed by atoms with Crippen LogP contribution in [0, 0.1) is 0 Å². The van der Waals surface area contributed by atoms with Crippen LogP contribution in [-0.2, 0) is 10.0 Å². The zero-order valence-electron chi connectivity index (χ0n) is 8.56. The number of anilines is 1. The Kier molecular flexibility index (Phi) is 3.82. The molecule has 1 aromatic heterocycles. The van der Waals surface area contributed by atoms with Gasteiger partial charge in [-0.3, -0.25) is 4.72 Å². The van der Waals surface area contributed by atoms with Gasteiger partial charge in [-0.1, -0.05) is 0 Å². The number of furan rings is 1. The van der Waals surface area contributed by atoms with E-state index < -0.39 is 15.5 Å². The van der Waals surface area contributed by atoms with E-state index in [0.29, 0.717) is 11.0 Å². The maximum atomic E-state index is 12.1. The number of hydrogen-bond acceptors (Lipinski definition) is 3. The van der Waals surface area contributed by atoms with E-state index in [4.69, 9.17) is 4.42 Å². The van der Waals surface area contributed by atoms with Crippen molar-refractivity contribution in [2.75, 3.05) is 4.72 Å². The van der Waals surface area contributed by atoms with Crippen LogP contribution in [0.3, 0.4) is 0 Å². The van der Waals surface area contributed by atoms with E-state index >= 15 is 0 Å². The van der Waals surface area contributed by atoms with Gasteiger partial charge in [0, 0.05) is 11.1 Å². The van der Waals surface area contributed by atoms with Crippen LogP contribution in [0.2, 0.25) is 0 Å². The Bertz CT molecular complexity index is 650. The van der Waals surface area contributed by atoms with Crippen LogP contribution in [0.25, 0.3) is 11.0 Å². The first kappa shape index (κ1) is 14.7. The molecule has 18 heavy (non-hydrogen) atoms. The first-order chi connectivity index (χ1) is 7.79. The Morgan fingerprint density at radius 3 is 2.44 bits per heavy atom. The van der Waals surface area contributed by atoms with Crippen LogP contribution in [0.1, 0.15) is 0 Å². The van der Waals surface area contributed by atoms with Gasteiger partial charge in [-0.05, 0) is 24.3 Å². The number of fused-ring (bicyclic) bond motifs is 1. The fourth-order valence-corrected chi connectivity index (χ4v) is 1.80. The average Bonchev–Trinajstić information content (AvgIpc) is 2.62. The fourth-order valence-electron chi connectivity index (χ4n) is 1.24. The van der Waals surface area contributed by atoms with E-state index in [9.17, 15) is 21.6 Å². The van der Waals surface area contributed by atoms with Crippen molar-refractivity contribution in [3.63, 3.8) is 0 Å². The standard InChI is InChI=1S/C9H6F3NO3S.ClH/c10-9(11,12)17(14,15)13-7-1-2-8-6(5-7)3-4-16-8;/h1-5,13H;1H. The molecule has 1 heterocycles. The van der Waals surface area contributed by atoms with Crippen LogP contribution in [0.4, 0.5) is 18.9 Å². The minimum atomic E-state index is -5.38. The highest BCUT2D eigenvalue weighted by Gasteiger charge is 2.46. The van der Waals surface area contributed by atoms with Gasteiger partial charge in [0.2, 0.25) is 0 Å². The number of hydrogen-bond donors (Lipinski definition) is 1. The maximum Gasteiger partial charge on any atom is 0.516 e. The second-order valence-electron chi connectivity index (χ2n) is 3.22. The molecule has 0 unspecified atom stereocenters. The number of halogens is 4. The summed E-state index contributed by atoms with van der Waals surface area (Å²) in [5.41, 5.74) is -5.05. The molecule has 0 aliphatic rings. The molecule has 2 aromatic rings. The molecule has 0 saturated carbocycles. The van der Waals surface area contributed by atoms with Crippen molar-refractivity contribution in [2.45, 2.75) is 5.51 Å². The summed E-state index contributed by atoms with van der Waals surface area (Å²) in [4.78, 5) is 0. The Balaban J connectivity index is 0.00000162. The molecule has 1 N–H and O–H groups in total. The van der Waals surface area contributed by atoms with Gasteiger partial charge in [-0.2, -0.15) is 21.6 Å². The molecule has 0 bridgehead atoms. The van der Waals surface area contributed by atoms with E-state index in [-0.39, 0.29) is 18.1 Å². The van der Waals surface area contributed by atoms with Gasteiger partial charge in [-0.15, -0.1) is 12.4 Å². The Hall–Kier alpha value is -1.41. The lowest BCUT2D eigenvalue weighted by Gasteiger charge is -2.10. The first-order valence-corrected chi connectivity index (χ1v) is 5.84. The smallest absolute Gasteiger partial charge is 0.464 e. The van der Waals surface area contributed by atoms with E-state index in [0.717, 1.165) is 0 Å². The van der Waals surface area contributed by atoms with Crippen LogP contribution in [-0.4, -0.2) is 13.9 Å². The molecule has 2 rings (SSSR count). The average molecular weight is 302 g/mol. The maximum absolute atomic E-state index is 12.1. The van der Waals surface area contributed by atoms with Gasteiger partial charge >= 0.3 is 15.5 Å². The molecule has 9 heteroatoms. The number of rotatable bonds is 2. The van der Waals surface area contributed by atoms with Crippen molar-refractivity contribution in [1.82, 2.24) is 0 Å². The van der Waals surface area contributed by atoms with E-state index in [1.807, 2.05) is 0 Å². The summed E-state index contributed by atoms with van der Waals surface area (Å²) < 4.78 is 64.4. The lowest BCUT2D eigenvalue weighted by Crippen LogP contribution is -2.29. The molecule has 0 atom stereocenters. The van der Waals surface area contributed by atoms with Gasteiger partial charge in [-0.25, -0.2) is 0 Å². The zero-order valence-corrected chi connectivity index (χ0v) is 10.2. The zero-order chi connectivity index (χ0) is 12.7. The number of benzene rings is 1. The van der Waals surface area contributed by atoms with Crippen LogP contribution < -0.4 is 4.72 Å². The van der Waals surface area contributed by atoms with Gasteiger partial charge in [0.15, 0.2) is 0 Å². The highest BCUT2D eigenvalue weighted by Crippen LogP contribution is 2.27. The minimum absolute atomic E-state index is 0. The highest BCUT2D eigenvalue weighted by molar-refractivity contribution is 7.93. The Labute approximate surface area is 106 Å². The molecule has 0 radical (unpaired) electrons. The molecule has 1 aromatic carbocycles. The summed E-state index contributed by atoms with van der Waals surface area (Å²) in [6.07, 6.45) is 1.35. The monoisotopic (exact) mass is 301 g/mol. The quantitative estimate of drug-likeness (QED) is 0.927. The second-order valence-corrected chi connectivity index (χ2v) is 4.90. The van der Waals surface area contributed by atoms with E-state index in [2.05, 4.69) is 0 Å². The molecule has 0 fully saturated rings. The lowest BCUT2D eigenvalue weighted by atomic mass is 10.2. The van der Waals surface area contributed by atoms with Crippen molar-refractivity contribution in [3.05, 3.63) is 30.5 Å². The lowest BCUT2D eigenvalue weighted by molar-refractivity contribution is -0.0429. The van der Waals surface area contributed by atoms with Gasteiger partial charge in [0.05, 0.1) is 6.26 Å². The van der Waals surface area contributed by atoms with E-state index in [1.165, 1.54) is 35.3 Å². The van der Waals surface area contributed by atoms with Crippen molar-refractivity contribution < 1.29 is 26.0 Å². The molecule has 4 nitrogen and oxygen atoms in total. The van der Waals surface area contributed by atoms with Crippen LogP contribution in [0.15, 0.2) is 34.9 Å². The molecule has 0 spiro atoms. The number of sulfonamides is 1. The predicted molar refractivity (Wildman–Crippen MR) is 62.1 cm³/mol. The van der Waals surface area contributed by atoms with Gasteiger partial charge < -0.3 is 4.42 Å². The molecular weight excluding hydrogens is 295 g/mol. The predicted octanol–water partition coefficient (Wildman–Crippen LogP) is 3.12. The summed E-state index contributed by atoms with van der Waals surface area (Å²) in [6.45, 7) is 0. The normalized spacial score (nSPS) is 12.2.